The fraction of sp³-hybridized carbons (Fsp3) is 0.654. The maximum atomic E-state index is 5.92. The SMILES string of the molecule is NC(=Nc1nnc(-c2ccc(CCCCCCCOCC3CCCCC3)cc2)o1)C1CC1. The summed E-state index contributed by atoms with van der Waals surface area (Å²) >= 11 is 0. The molecule has 4 rings (SSSR count). The summed E-state index contributed by atoms with van der Waals surface area (Å²) in [6.45, 7) is 1.93. The van der Waals surface area contributed by atoms with E-state index in [4.69, 9.17) is 14.9 Å². The molecule has 0 amide bonds. The molecule has 174 valence electrons. The van der Waals surface area contributed by atoms with Crippen molar-refractivity contribution in [2.24, 2.45) is 22.6 Å². The van der Waals surface area contributed by atoms with Gasteiger partial charge in [-0.2, -0.15) is 4.99 Å². The molecule has 0 spiro atoms. The molecule has 2 saturated carbocycles. The molecule has 2 N–H and O–H groups in total. The molecule has 1 aromatic heterocycles. The maximum absolute atomic E-state index is 5.92. The number of amidine groups is 1. The van der Waals surface area contributed by atoms with Crippen LogP contribution in [0.15, 0.2) is 33.7 Å². The first kappa shape index (κ1) is 23.0. The third-order valence-electron chi connectivity index (χ3n) is 6.67. The van der Waals surface area contributed by atoms with Gasteiger partial charge in [-0.25, -0.2) is 0 Å². The molecule has 2 aliphatic rings. The van der Waals surface area contributed by atoms with Crippen molar-refractivity contribution in [1.29, 1.82) is 0 Å². The Morgan fingerprint density at radius 2 is 1.69 bits per heavy atom. The summed E-state index contributed by atoms with van der Waals surface area (Å²) in [7, 11) is 0. The molecule has 6 heteroatoms. The normalized spacial score (nSPS) is 17.7. The lowest BCUT2D eigenvalue weighted by Gasteiger charge is -2.21. The number of hydrogen-bond acceptors (Lipinski definition) is 5. The first-order valence-electron chi connectivity index (χ1n) is 12.6. The molecule has 0 aliphatic heterocycles. The van der Waals surface area contributed by atoms with Crippen molar-refractivity contribution in [2.75, 3.05) is 13.2 Å². The summed E-state index contributed by atoms with van der Waals surface area (Å²) in [5, 5.41) is 8.10. The second-order valence-electron chi connectivity index (χ2n) is 9.49. The molecule has 1 heterocycles. The monoisotopic (exact) mass is 438 g/mol. The van der Waals surface area contributed by atoms with Gasteiger partial charge in [0.1, 0.15) is 5.84 Å². The third kappa shape index (κ3) is 7.44. The van der Waals surface area contributed by atoms with Gasteiger partial charge in [0, 0.05) is 24.7 Å². The Balaban J connectivity index is 1.07. The molecule has 2 fully saturated rings. The number of aromatic nitrogens is 2. The van der Waals surface area contributed by atoms with Crippen LogP contribution in [-0.2, 0) is 11.2 Å². The number of aliphatic imine (C=N–C) groups is 1. The molecule has 0 bridgehead atoms. The van der Waals surface area contributed by atoms with E-state index in [-0.39, 0.29) is 6.01 Å². The summed E-state index contributed by atoms with van der Waals surface area (Å²) in [5.41, 5.74) is 8.19. The van der Waals surface area contributed by atoms with Crippen molar-refractivity contribution in [1.82, 2.24) is 10.2 Å². The van der Waals surface area contributed by atoms with E-state index in [0.29, 0.717) is 17.6 Å². The van der Waals surface area contributed by atoms with E-state index in [1.165, 1.54) is 69.8 Å². The van der Waals surface area contributed by atoms with E-state index in [0.717, 1.165) is 44.0 Å². The molecule has 1 aromatic carbocycles. The van der Waals surface area contributed by atoms with Crippen LogP contribution in [-0.4, -0.2) is 29.2 Å². The van der Waals surface area contributed by atoms with Crippen molar-refractivity contribution >= 4 is 11.9 Å². The van der Waals surface area contributed by atoms with Gasteiger partial charge >= 0.3 is 6.01 Å². The molecular weight excluding hydrogens is 400 g/mol. The molecule has 0 atom stereocenters. The van der Waals surface area contributed by atoms with E-state index >= 15 is 0 Å². The minimum Gasteiger partial charge on any atom is -0.402 e. The van der Waals surface area contributed by atoms with Crippen LogP contribution in [0.1, 0.15) is 82.6 Å². The van der Waals surface area contributed by atoms with Crippen molar-refractivity contribution in [3.8, 4) is 11.5 Å². The van der Waals surface area contributed by atoms with Crippen molar-refractivity contribution in [2.45, 2.75) is 83.5 Å². The first-order valence-corrected chi connectivity index (χ1v) is 12.6. The Labute approximate surface area is 192 Å². The van der Waals surface area contributed by atoms with Crippen molar-refractivity contribution in [3.05, 3.63) is 29.8 Å². The van der Waals surface area contributed by atoms with E-state index in [9.17, 15) is 0 Å². The number of ether oxygens (including phenoxy) is 1. The number of benzene rings is 1. The molecule has 0 unspecified atom stereocenters. The van der Waals surface area contributed by atoms with Crippen LogP contribution in [0.4, 0.5) is 6.01 Å². The topological polar surface area (TPSA) is 86.5 Å². The average Bonchev–Trinajstić information content (AvgIpc) is 3.58. The Morgan fingerprint density at radius 1 is 0.938 bits per heavy atom. The van der Waals surface area contributed by atoms with E-state index < -0.39 is 0 Å². The van der Waals surface area contributed by atoms with E-state index in [1.54, 1.807) is 0 Å². The van der Waals surface area contributed by atoms with Gasteiger partial charge in [-0.15, -0.1) is 5.10 Å². The lowest BCUT2D eigenvalue weighted by Crippen LogP contribution is -2.13. The Bertz CT molecular complexity index is 836. The first-order chi connectivity index (χ1) is 15.8. The lowest BCUT2D eigenvalue weighted by molar-refractivity contribution is 0.0824. The van der Waals surface area contributed by atoms with Gasteiger partial charge in [0.2, 0.25) is 5.89 Å². The van der Waals surface area contributed by atoms with Crippen LogP contribution in [0.5, 0.6) is 0 Å². The number of nitrogens with zero attached hydrogens (tertiary/aromatic N) is 3. The summed E-state index contributed by atoms with van der Waals surface area (Å²) < 4.78 is 11.5. The van der Waals surface area contributed by atoms with Gasteiger partial charge in [-0.05, 0) is 68.6 Å². The van der Waals surface area contributed by atoms with E-state index in [2.05, 4.69) is 27.3 Å². The summed E-state index contributed by atoms with van der Waals surface area (Å²) in [5.74, 6) is 2.31. The van der Waals surface area contributed by atoms with Crippen molar-refractivity contribution in [3.63, 3.8) is 0 Å². The quantitative estimate of drug-likeness (QED) is 0.228. The Morgan fingerprint density at radius 3 is 2.47 bits per heavy atom. The number of rotatable bonds is 13. The highest BCUT2D eigenvalue weighted by Crippen LogP contribution is 2.30. The summed E-state index contributed by atoms with van der Waals surface area (Å²) in [6.07, 6.45) is 16.6. The molecule has 6 nitrogen and oxygen atoms in total. The number of nitrogens with two attached hydrogens (primary N) is 1. The third-order valence-corrected chi connectivity index (χ3v) is 6.67. The molecule has 32 heavy (non-hydrogen) atoms. The van der Waals surface area contributed by atoms with Crippen LogP contribution in [0.3, 0.4) is 0 Å². The van der Waals surface area contributed by atoms with Crippen LogP contribution in [0.25, 0.3) is 11.5 Å². The molecule has 2 aromatic rings. The largest absolute Gasteiger partial charge is 0.402 e. The fourth-order valence-electron chi connectivity index (χ4n) is 4.44. The zero-order valence-corrected chi connectivity index (χ0v) is 19.3. The second-order valence-corrected chi connectivity index (χ2v) is 9.49. The Hall–Kier alpha value is -2.21. The van der Waals surface area contributed by atoms with Crippen LogP contribution < -0.4 is 5.73 Å². The van der Waals surface area contributed by atoms with Crippen LogP contribution in [0.2, 0.25) is 0 Å². The summed E-state index contributed by atoms with van der Waals surface area (Å²) in [4.78, 5) is 4.23. The highest BCUT2D eigenvalue weighted by atomic mass is 16.5. The molecule has 0 radical (unpaired) electrons. The van der Waals surface area contributed by atoms with Crippen LogP contribution >= 0.6 is 0 Å². The molecule has 2 aliphatic carbocycles. The predicted octanol–water partition coefficient (Wildman–Crippen LogP) is 6.23. The van der Waals surface area contributed by atoms with E-state index in [1.807, 2.05) is 12.1 Å². The Kier molecular flexibility index (Phi) is 8.71. The van der Waals surface area contributed by atoms with Gasteiger partial charge in [0.05, 0.1) is 0 Å². The second kappa shape index (κ2) is 12.1. The number of aryl methyl sites for hydroxylation is 1. The zero-order valence-electron chi connectivity index (χ0n) is 19.3. The fourth-order valence-corrected chi connectivity index (χ4v) is 4.44. The van der Waals surface area contributed by atoms with Gasteiger partial charge in [0.15, 0.2) is 0 Å². The summed E-state index contributed by atoms with van der Waals surface area (Å²) in [6, 6.07) is 8.64. The average molecular weight is 439 g/mol. The van der Waals surface area contributed by atoms with Gasteiger partial charge < -0.3 is 14.9 Å². The smallest absolute Gasteiger partial charge is 0.344 e. The lowest BCUT2D eigenvalue weighted by atomic mass is 9.90. The molecule has 0 saturated heterocycles. The zero-order chi connectivity index (χ0) is 22.0. The predicted molar refractivity (Wildman–Crippen MR) is 128 cm³/mol. The number of hydrogen-bond donors (Lipinski definition) is 1. The van der Waals surface area contributed by atoms with Gasteiger partial charge in [-0.1, -0.05) is 55.8 Å². The van der Waals surface area contributed by atoms with Gasteiger partial charge in [-0.3, -0.25) is 0 Å². The number of unbranched alkanes of at least 4 members (excludes halogenated alkanes) is 4. The maximum Gasteiger partial charge on any atom is 0.344 e. The standard InChI is InChI=1S/C26H38N4O2/c27-24(22-16-17-22)28-26-30-29-25(32-26)23-14-12-20(13-15-23)9-5-2-1-3-8-18-31-19-21-10-6-4-7-11-21/h12-15,21-22H,1-11,16-19H2,(H2,27,28,30). The minimum absolute atomic E-state index is 0.243. The highest BCUT2D eigenvalue weighted by Gasteiger charge is 2.26. The van der Waals surface area contributed by atoms with Crippen molar-refractivity contribution < 1.29 is 9.15 Å². The van der Waals surface area contributed by atoms with Gasteiger partial charge in [0.25, 0.3) is 0 Å². The van der Waals surface area contributed by atoms with Crippen LogP contribution in [0, 0.1) is 11.8 Å². The highest BCUT2D eigenvalue weighted by molar-refractivity contribution is 5.86. The minimum atomic E-state index is 0.243. The molecular formula is C26H38N4O2.